The first-order valence-corrected chi connectivity index (χ1v) is 13.5. The largest absolute Gasteiger partial charge is 0.490 e. The van der Waals surface area contributed by atoms with E-state index >= 15 is 0 Å². The van der Waals surface area contributed by atoms with Crippen molar-refractivity contribution < 1.29 is 28.5 Å². The van der Waals surface area contributed by atoms with Gasteiger partial charge >= 0.3 is 0 Å². The second-order valence-corrected chi connectivity index (χ2v) is 10.2. The zero-order valence-electron chi connectivity index (χ0n) is 21.3. The average molecular weight is 541 g/mol. The fourth-order valence-corrected chi connectivity index (χ4v) is 5.25. The van der Waals surface area contributed by atoms with Crippen LogP contribution in [0.25, 0.3) is 0 Å². The summed E-state index contributed by atoms with van der Waals surface area (Å²) in [5.74, 6) is 2.05. The van der Waals surface area contributed by atoms with Crippen LogP contribution in [0, 0.1) is 0 Å². The van der Waals surface area contributed by atoms with Gasteiger partial charge in [-0.2, -0.15) is 0 Å². The second kappa shape index (κ2) is 12.8. The quantitative estimate of drug-likeness (QED) is 0.345. The summed E-state index contributed by atoms with van der Waals surface area (Å²) in [6.07, 6.45) is 5.80. The zero-order valence-corrected chi connectivity index (χ0v) is 22.1. The number of rotatable bonds is 11. The van der Waals surface area contributed by atoms with Crippen LogP contribution in [0.1, 0.15) is 52.9 Å². The normalized spacial score (nSPS) is 17.1. The van der Waals surface area contributed by atoms with Crippen molar-refractivity contribution in [2.75, 3.05) is 26.3 Å². The van der Waals surface area contributed by atoms with Crippen LogP contribution in [0.5, 0.6) is 11.5 Å². The molecule has 202 valence electrons. The highest BCUT2D eigenvalue weighted by atomic mass is 35.5. The fourth-order valence-electron chi connectivity index (χ4n) is 4.91. The van der Waals surface area contributed by atoms with Gasteiger partial charge in [-0.25, -0.2) is 4.98 Å². The number of carbonyl (C=O) groups excluding carboxylic acids is 1. The maximum absolute atomic E-state index is 12.7. The lowest BCUT2D eigenvalue weighted by atomic mass is 9.98. The summed E-state index contributed by atoms with van der Waals surface area (Å²) in [4.78, 5) is 18.8. The highest BCUT2D eigenvalue weighted by Gasteiger charge is 2.23. The van der Waals surface area contributed by atoms with Gasteiger partial charge in [0.25, 0.3) is 0 Å². The second-order valence-electron chi connectivity index (χ2n) is 9.83. The van der Waals surface area contributed by atoms with Crippen LogP contribution < -0.4 is 9.47 Å². The summed E-state index contributed by atoms with van der Waals surface area (Å²) in [5, 5.41) is 11.3. The molecule has 0 amide bonds. The third-order valence-corrected chi connectivity index (χ3v) is 7.47. The number of hydrogen-bond acceptors (Lipinski definition) is 8. The predicted molar refractivity (Wildman–Crippen MR) is 142 cm³/mol. The van der Waals surface area contributed by atoms with Crippen LogP contribution in [-0.4, -0.2) is 59.3 Å². The predicted octanol–water partition coefficient (Wildman–Crippen LogP) is 4.85. The lowest BCUT2D eigenvalue weighted by Gasteiger charge is -2.31. The number of aromatic nitrogens is 1. The van der Waals surface area contributed by atoms with Crippen molar-refractivity contribution in [3.05, 3.63) is 76.5 Å². The minimum atomic E-state index is -0.586. The minimum absolute atomic E-state index is 0.0234. The van der Waals surface area contributed by atoms with Gasteiger partial charge in [-0.05, 0) is 54.3 Å². The van der Waals surface area contributed by atoms with Crippen molar-refractivity contribution in [2.24, 2.45) is 0 Å². The summed E-state index contributed by atoms with van der Waals surface area (Å²) < 4.78 is 22.4. The number of halogens is 1. The van der Waals surface area contributed by atoms with Crippen molar-refractivity contribution in [3.8, 4) is 11.5 Å². The molecule has 9 heteroatoms. The Kier molecular flexibility index (Phi) is 8.96. The number of aliphatic hydroxyl groups excluding tert-OH is 1. The Morgan fingerprint density at radius 1 is 1.18 bits per heavy atom. The number of Topliss-reactive ketones (excluding diaryl/α,β-unsaturated/α-hetero) is 1. The van der Waals surface area contributed by atoms with Gasteiger partial charge < -0.3 is 23.7 Å². The molecule has 1 atom stereocenters. The van der Waals surface area contributed by atoms with Gasteiger partial charge in [0, 0.05) is 44.5 Å². The molecule has 1 fully saturated rings. The highest BCUT2D eigenvalue weighted by Crippen LogP contribution is 2.34. The molecule has 1 N–H and O–H groups in total. The van der Waals surface area contributed by atoms with Crippen molar-refractivity contribution >= 4 is 17.4 Å². The van der Waals surface area contributed by atoms with E-state index < -0.39 is 6.10 Å². The first-order valence-electron chi connectivity index (χ1n) is 13.1. The molecule has 2 aliphatic rings. The summed E-state index contributed by atoms with van der Waals surface area (Å²) >= 11 is 6.63. The van der Waals surface area contributed by atoms with Crippen LogP contribution >= 0.6 is 11.6 Å². The molecule has 0 spiro atoms. The van der Waals surface area contributed by atoms with Gasteiger partial charge in [0.15, 0.2) is 17.9 Å². The molecule has 0 radical (unpaired) electrons. The molecule has 1 saturated heterocycles. The van der Waals surface area contributed by atoms with Gasteiger partial charge in [0.1, 0.15) is 24.2 Å². The molecule has 0 unspecified atom stereocenters. The van der Waals surface area contributed by atoms with E-state index in [1.54, 1.807) is 18.3 Å². The van der Waals surface area contributed by atoms with Gasteiger partial charge in [0.2, 0.25) is 0 Å². The maximum Gasteiger partial charge on any atom is 0.181 e. The molecular weight excluding hydrogens is 508 g/mol. The van der Waals surface area contributed by atoms with E-state index in [4.69, 9.17) is 30.2 Å². The van der Waals surface area contributed by atoms with Gasteiger partial charge in [-0.3, -0.25) is 9.69 Å². The molecule has 2 aliphatic heterocycles. The Bertz CT molecular complexity index is 1190. The van der Waals surface area contributed by atoms with Crippen LogP contribution in [0.2, 0.25) is 5.02 Å². The molecule has 2 aromatic carbocycles. The van der Waals surface area contributed by atoms with Crippen molar-refractivity contribution in [3.63, 3.8) is 0 Å². The van der Waals surface area contributed by atoms with E-state index in [-0.39, 0.29) is 18.5 Å². The molecule has 38 heavy (non-hydrogen) atoms. The molecule has 8 nitrogen and oxygen atoms in total. The van der Waals surface area contributed by atoms with Crippen LogP contribution in [0.15, 0.2) is 53.4 Å². The zero-order chi connectivity index (χ0) is 26.3. The minimum Gasteiger partial charge on any atom is -0.490 e. The number of ether oxygens (including phenoxy) is 3. The molecule has 1 aromatic heterocycles. The van der Waals surface area contributed by atoms with E-state index in [9.17, 15) is 9.90 Å². The van der Waals surface area contributed by atoms with E-state index in [2.05, 4.69) is 9.88 Å². The third-order valence-electron chi connectivity index (χ3n) is 7.05. The lowest BCUT2D eigenvalue weighted by Crippen LogP contribution is -2.37. The maximum atomic E-state index is 12.7. The lowest BCUT2D eigenvalue weighted by molar-refractivity contribution is 0.0255. The van der Waals surface area contributed by atoms with Crippen molar-refractivity contribution in [2.45, 2.75) is 57.5 Å². The average Bonchev–Trinajstić information content (AvgIpc) is 3.46. The summed E-state index contributed by atoms with van der Waals surface area (Å²) in [5.41, 5.74) is 2.84. The number of ketones is 1. The Balaban J connectivity index is 1.07. The Morgan fingerprint density at radius 3 is 2.76 bits per heavy atom. The summed E-state index contributed by atoms with van der Waals surface area (Å²) in [6.45, 7) is 3.69. The van der Waals surface area contributed by atoms with Gasteiger partial charge in [-0.1, -0.05) is 17.7 Å². The van der Waals surface area contributed by atoms with Crippen molar-refractivity contribution in [1.29, 1.82) is 0 Å². The Hall–Kier alpha value is -2.91. The number of carbonyl (C=O) groups is 1. The number of benzene rings is 2. The smallest absolute Gasteiger partial charge is 0.181 e. The topological polar surface area (TPSA) is 94.3 Å². The van der Waals surface area contributed by atoms with Crippen LogP contribution in [0.3, 0.4) is 0 Å². The molecular formula is C29H33ClN2O6. The number of hydrogen-bond donors (Lipinski definition) is 1. The molecule has 3 aromatic rings. The van der Waals surface area contributed by atoms with Gasteiger partial charge in [-0.15, -0.1) is 0 Å². The van der Waals surface area contributed by atoms with E-state index in [1.807, 2.05) is 24.3 Å². The number of oxazole rings is 1. The summed E-state index contributed by atoms with van der Waals surface area (Å²) in [6, 6.07) is 11.2. The molecule has 0 aliphatic carbocycles. The third kappa shape index (κ3) is 6.94. The standard InChI is InChI=1S/C29H33ClN2O6/c30-29-26-9-12-32(16-21(26)3-8-28(29)36-18-25-15-31-19-37-25)17-22(33)4-7-27(34)20-1-5-23(6-2-20)38-24-10-13-35-14-11-24/h1-3,5-6,8,15,19,22,24,33H,4,7,9-14,16-18H2/t22-/m0/s1. The first kappa shape index (κ1) is 26.7. The highest BCUT2D eigenvalue weighted by molar-refractivity contribution is 6.33. The summed E-state index contributed by atoms with van der Waals surface area (Å²) in [7, 11) is 0. The molecule has 0 bridgehead atoms. The molecule has 0 saturated carbocycles. The van der Waals surface area contributed by atoms with E-state index in [1.165, 1.54) is 6.39 Å². The molecule has 3 heterocycles. The van der Waals surface area contributed by atoms with Crippen molar-refractivity contribution in [1.82, 2.24) is 9.88 Å². The first-order chi connectivity index (χ1) is 18.5. The number of β-amino-alcohol motifs (C(OH)–C–C–N with tert-alkyl or cyclic N) is 1. The molecule has 5 rings (SSSR count). The number of aliphatic hydroxyl groups is 1. The monoisotopic (exact) mass is 540 g/mol. The number of nitrogens with zero attached hydrogens (tertiary/aromatic N) is 2. The Labute approximate surface area is 227 Å². The van der Waals surface area contributed by atoms with Crippen LogP contribution in [-0.2, 0) is 24.3 Å². The van der Waals surface area contributed by atoms with E-state index in [0.717, 1.165) is 55.9 Å². The number of fused-ring (bicyclic) bond motifs is 1. The van der Waals surface area contributed by atoms with E-state index in [0.29, 0.717) is 48.0 Å². The van der Waals surface area contributed by atoms with Gasteiger partial charge in [0.05, 0.1) is 30.5 Å². The fraction of sp³-hybridized carbons (Fsp3) is 0.448. The SMILES string of the molecule is O=C(CC[C@H](O)CN1CCc2c(ccc(OCc3cnco3)c2Cl)C1)c1ccc(OC2CCOCC2)cc1. The Morgan fingerprint density at radius 2 is 2.00 bits per heavy atom. The van der Waals surface area contributed by atoms with Crippen LogP contribution in [0.4, 0.5) is 0 Å².